The number of nitrogens with one attached hydrogen (secondary N) is 1. The number of hydrogen-bond acceptors (Lipinski definition) is 2. The van der Waals surface area contributed by atoms with Gasteiger partial charge in [-0.3, -0.25) is 4.79 Å². The van der Waals surface area contributed by atoms with Gasteiger partial charge < -0.3 is 10.1 Å². The molecule has 0 bridgehead atoms. The largest absolute Gasteiger partial charge is 0.484 e. The molecule has 0 fully saturated rings. The average Bonchev–Trinajstić information content (AvgIpc) is 2.46. The highest BCUT2D eigenvalue weighted by Gasteiger charge is 2.03. The van der Waals surface area contributed by atoms with Crippen LogP contribution in [-0.2, 0) is 10.1 Å². The summed E-state index contributed by atoms with van der Waals surface area (Å²) in [5, 5.41) is 3.56. The van der Waals surface area contributed by atoms with Crippen LogP contribution < -0.4 is 10.1 Å². The zero-order valence-corrected chi connectivity index (χ0v) is 11.9. The number of halogens is 1. The third kappa shape index (κ3) is 4.41. The van der Waals surface area contributed by atoms with Gasteiger partial charge in [0.05, 0.1) is 0 Å². The Morgan fingerprint density at radius 3 is 2.63 bits per heavy atom. The van der Waals surface area contributed by atoms with Gasteiger partial charge in [0.25, 0.3) is 5.91 Å². The first-order valence-electron chi connectivity index (χ1n) is 5.90. The molecule has 0 saturated carbocycles. The van der Waals surface area contributed by atoms with E-state index in [9.17, 15) is 4.79 Å². The number of carbonyl (C=O) groups is 1. The molecule has 0 heterocycles. The minimum atomic E-state index is -0.171. The molecule has 2 aromatic rings. The Balaban J connectivity index is 1.87. The monoisotopic (exact) mass is 319 g/mol. The van der Waals surface area contributed by atoms with Gasteiger partial charge in [-0.25, -0.2) is 0 Å². The van der Waals surface area contributed by atoms with E-state index in [1.54, 1.807) is 0 Å². The standard InChI is InChI=1S/C15H14BrNO2/c16-10-12-5-4-6-13(9-12)17-15(18)11-19-14-7-2-1-3-8-14/h1-9H,10-11H2,(H,17,18). The third-order valence-electron chi connectivity index (χ3n) is 2.48. The summed E-state index contributed by atoms with van der Waals surface area (Å²) in [7, 11) is 0. The van der Waals surface area contributed by atoms with E-state index in [1.807, 2.05) is 54.6 Å². The molecule has 19 heavy (non-hydrogen) atoms. The molecule has 0 atom stereocenters. The number of rotatable bonds is 5. The summed E-state index contributed by atoms with van der Waals surface area (Å²) in [6, 6.07) is 17.0. The third-order valence-corrected chi connectivity index (χ3v) is 3.13. The highest BCUT2D eigenvalue weighted by molar-refractivity contribution is 9.08. The Bertz CT molecular complexity index is 543. The molecule has 1 N–H and O–H groups in total. The van der Waals surface area contributed by atoms with Crippen LogP contribution in [0.2, 0.25) is 0 Å². The Morgan fingerprint density at radius 2 is 1.89 bits per heavy atom. The molecule has 0 saturated heterocycles. The lowest BCUT2D eigenvalue weighted by Crippen LogP contribution is -2.20. The van der Waals surface area contributed by atoms with Crippen LogP contribution in [0.5, 0.6) is 5.75 Å². The maximum Gasteiger partial charge on any atom is 0.262 e. The van der Waals surface area contributed by atoms with Crippen LogP contribution in [0.1, 0.15) is 5.56 Å². The van der Waals surface area contributed by atoms with Gasteiger partial charge in [-0.2, -0.15) is 0 Å². The molecule has 98 valence electrons. The molecular weight excluding hydrogens is 306 g/mol. The van der Waals surface area contributed by atoms with Crippen molar-refractivity contribution in [1.29, 1.82) is 0 Å². The number of carbonyl (C=O) groups excluding carboxylic acids is 1. The molecule has 0 aliphatic rings. The molecule has 0 unspecified atom stereocenters. The van der Waals surface area contributed by atoms with Gasteiger partial charge in [-0.1, -0.05) is 46.3 Å². The first-order chi connectivity index (χ1) is 9.28. The van der Waals surface area contributed by atoms with Gasteiger partial charge in [0, 0.05) is 11.0 Å². The number of hydrogen-bond donors (Lipinski definition) is 1. The predicted octanol–water partition coefficient (Wildman–Crippen LogP) is 3.60. The second-order valence-corrected chi connectivity index (χ2v) is 4.54. The summed E-state index contributed by atoms with van der Waals surface area (Å²) in [6.07, 6.45) is 0. The molecule has 0 aromatic heterocycles. The van der Waals surface area contributed by atoms with Crippen molar-refractivity contribution in [2.75, 3.05) is 11.9 Å². The van der Waals surface area contributed by atoms with E-state index in [2.05, 4.69) is 21.2 Å². The summed E-state index contributed by atoms with van der Waals surface area (Å²) >= 11 is 3.38. The van der Waals surface area contributed by atoms with Gasteiger partial charge in [0.15, 0.2) is 6.61 Å². The summed E-state index contributed by atoms with van der Waals surface area (Å²) in [6.45, 7) is 0.00253. The van der Waals surface area contributed by atoms with Gasteiger partial charge in [0.2, 0.25) is 0 Å². The van der Waals surface area contributed by atoms with Crippen LogP contribution >= 0.6 is 15.9 Å². The van der Waals surface area contributed by atoms with Gasteiger partial charge in [-0.15, -0.1) is 0 Å². The van der Waals surface area contributed by atoms with Gasteiger partial charge in [0.1, 0.15) is 5.75 Å². The van der Waals surface area contributed by atoms with E-state index >= 15 is 0 Å². The van der Waals surface area contributed by atoms with Gasteiger partial charge in [-0.05, 0) is 29.8 Å². The first-order valence-corrected chi connectivity index (χ1v) is 7.02. The minimum absolute atomic E-state index is 0.00253. The summed E-state index contributed by atoms with van der Waals surface area (Å²) in [4.78, 5) is 11.7. The quantitative estimate of drug-likeness (QED) is 0.855. The highest BCUT2D eigenvalue weighted by Crippen LogP contribution is 2.13. The van der Waals surface area contributed by atoms with Crippen molar-refractivity contribution in [2.45, 2.75) is 5.33 Å². The lowest BCUT2D eigenvalue weighted by Gasteiger charge is -2.08. The second-order valence-electron chi connectivity index (χ2n) is 3.98. The Hall–Kier alpha value is -1.81. The van der Waals surface area contributed by atoms with Crippen LogP contribution in [-0.4, -0.2) is 12.5 Å². The normalized spacial score (nSPS) is 9.95. The molecule has 4 heteroatoms. The van der Waals surface area contributed by atoms with Crippen LogP contribution in [0, 0.1) is 0 Å². The van der Waals surface area contributed by atoms with Crippen molar-refractivity contribution < 1.29 is 9.53 Å². The number of ether oxygens (including phenoxy) is 1. The smallest absolute Gasteiger partial charge is 0.262 e. The van der Waals surface area contributed by atoms with Crippen LogP contribution in [0.4, 0.5) is 5.69 Å². The number of benzene rings is 2. The Labute approximate surface area is 120 Å². The van der Waals surface area contributed by atoms with E-state index in [4.69, 9.17) is 4.74 Å². The number of anilines is 1. The Kier molecular flexibility index (Phi) is 4.98. The topological polar surface area (TPSA) is 38.3 Å². The van der Waals surface area contributed by atoms with E-state index in [0.29, 0.717) is 5.75 Å². The van der Waals surface area contributed by atoms with Gasteiger partial charge >= 0.3 is 0 Å². The predicted molar refractivity (Wildman–Crippen MR) is 79.6 cm³/mol. The van der Waals surface area contributed by atoms with Crippen molar-refractivity contribution in [3.8, 4) is 5.75 Å². The first kappa shape index (κ1) is 13.6. The maximum absolute atomic E-state index is 11.7. The zero-order chi connectivity index (χ0) is 13.5. The second kappa shape index (κ2) is 6.95. The number of alkyl halides is 1. The van der Waals surface area contributed by atoms with Crippen molar-refractivity contribution in [2.24, 2.45) is 0 Å². The van der Waals surface area contributed by atoms with Crippen molar-refractivity contribution in [3.63, 3.8) is 0 Å². The molecule has 2 rings (SSSR count). The molecule has 0 spiro atoms. The molecule has 3 nitrogen and oxygen atoms in total. The van der Waals surface area contributed by atoms with E-state index in [1.165, 1.54) is 0 Å². The van der Waals surface area contributed by atoms with Crippen molar-refractivity contribution in [3.05, 3.63) is 60.2 Å². The lowest BCUT2D eigenvalue weighted by molar-refractivity contribution is -0.118. The zero-order valence-electron chi connectivity index (χ0n) is 10.3. The SMILES string of the molecule is O=C(COc1ccccc1)Nc1cccc(CBr)c1. The van der Waals surface area contributed by atoms with Crippen LogP contribution in [0.25, 0.3) is 0 Å². The van der Waals surface area contributed by atoms with E-state index < -0.39 is 0 Å². The van der Waals surface area contributed by atoms with Crippen molar-refractivity contribution in [1.82, 2.24) is 0 Å². The molecule has 0 aliphatic heterocycles. The summed E-state index contributed by atoms with van der Waals surface area (Å²) < 4.78 is 5.38. The minimum Gasteiger partial charge on any atom is -0.484 e. The Morgan fingerprint density at radius 1 is 1.11 bits per heavy atom. The van der Waals surface area contributed by atoms with E-state index in [-0.39, 0.29) is 12.5 Å². The highest BCUT2D eigenvalue weighted by atomic mass is 79.9. The fraction of sp³-hybridized carbons (Fsp3) is 0.133. The van der Waals surface area contributed by atoms with E-state index in [0.717, 1.165) is 16.6 Å². The average molecular weight is 320 g/mol. The van der Waals surface area contributed by atoms with Crippen LogP contribution in [0.3, 0.4) is 0 Å². The lowest BCUT2D eigenvalue weighted by atomic mass is 10.2. The van der Waals surface area contributed by atoms with Crippen LogP contribution in [0.15, 0.2) is 54.6 Å². The number of amides is 1. The number of para-hydroxylation sites is 1. The maximum atomic E-state index is 11.7. The molecule has 1 amide bonds. The summed E-state index contributed by atoms with van der Waals surface area (Å²) in [5.74, 6) is 0.516. The molecule has 2 aromatic carbocycles. The fourth-order valence-corrected chi connectivity index (χ4v) is 1.94. The summed E-state index contributed by atoms with van der Waals surface area (Å²) in [5.41, 5.74) is 1.89. The molecular formula is C15H14BrNO2. The molecule has 0 aliphatic carbocycles. The van der Waals surface area contributed by atoms with Crippen molar-refractivity contribution >= 4 is 27.5 Å². The fourth-order valence-electron chi connectivity index (χ4n) is 1.59. The molecule has 0 radical (unpaired) electrons.